The van der Waals surface area contributed by atoms with E-state index in [9.17, 15) is 0 Å². The van der Waals surface area contributed by atoms with Crippen molar-refractivity contribution in [1.82, 2.24) is 14.9 Å². The second kappa shape index (κ2) is 6.60. The zero-order chi connectivity index (χ0) is 15.6. The Morgan fingerprint density at radius 1 is 1.29 bits per heavy atom. The van der Waals surface area contributed by atoms with Gasteiger partial charge in [0.2, 0.25) is 0 Å². The van der Waals surface area contributed by atoms with Crippen molar-refractivity contribution in [3.8, 4) is 0 Å². The Bertz CT molecular complexity index is 486. The highest BCUT2D eigenvalue weighted by Gasteiger charge is 2.32. The summed E-state index contributed by atoms with van der Waals surface area (Å²) in [6.07, 6.45) is 2.00. The van der Waals surface area contributed by atoms with E-state index in [-0.39, 0.29) is 0 Å². The highest BCUT2D eigenvalue weighted by Crippen LogP contribution is 2.30. The zero-order valence-corrected chi connectivity index (χ0v) is 14.3. The number of likely N-dealkylation sites (N-methyl/N-ethyl adjacent to an activating group) is 1. The molecule has 2 rings (SSSR count). The molecule has 1 aromatic rings. The highest BCUT2D eigenvalue weighted by molar-refractivity contribution is 5.59. The Labute approximate surface area is 128 Å². The summed E-state index contributed by atoms with van der Waals surface area (Å²) in [5, 5.41) is 3.21. The van der Waals surface area contributed by atoms with Gasteiger partial charge < -0.3 is 15.1 Å². The number of aromatic nitrogens is 2. The van der Waals surface area contributed by atoms with Crippen LogP contribution < -0.4 is 10.2 Å². The first-order chi connectivity index (χ1) is 9.97. The van der Waals surface area contributed by atoms with E-state index in [4.69, 9.17) is 4.98 Å². The van der Waals surface area contributed by atoms with Crippen LogP contribution in [-0.2, 0) is 6.42 Å². The fourth-order valence-electron chi connectivity index (χ4n) is 3.23. The summed E-state index contributed by atoms with van der Waals surface area (Å²) >= 11 is 0. The molecule has 1 N–H and O–H groups in total. The van der Waals surface area contributed by atoms with Crippen LogP contribution in [0.4, 0.5) is 11.6 Å². The van der Waals surface area contributed by atoms with Crippen LogP contribution in [0.15, 0.2) is 0 Å². The molecule has 0 aromatic carbocycles. The minimum absolute atomic E-state index is 0.590. The minimum Gasteiger partial charge on any atom is -0.373 e. The smallest absolute Gasteiger partial charge is 0.137 e. The summed E-state index contributed by atoms with van der Waals surface area (Å²) in [5.74, 6) is 3.67. The molecule has 1 saturated heterocycles. The first-order valence-corrected chi connectivity index (χ1v) is 7.94. The summed E-state index contributed by atoms with van der Waals surface area (Å²) in [7, 11) is 6.27. The van der Waals surface area contributed by atoms with Crippen molar-refractivity contribution < 1.29 is 0 Å². The predicted molar refractivity (Wildman–Crippen MR) is 89.2 cm³/mol. The van der Waals surface area contributed by atoms with Crippen molar-refractivity contribution in [2.24, 2.45) is 5.92 Å². The summed E-state index contributed by atoms with van der Waals surface area (Å²) in [6, 6.07) is 0.590. The lowest BCUT2D eigenvalue weighted by molar-refractivity contribution is 0.266. The minimum atomic E-state index is 0.590. The molecule has 1 aromatic heterocycles. The largest absolute Gasteiger partial charge is 0.373 e. The lowest BCUT2D eigenvalue weighted by Crippen LogP contribution is -2.34. The summed E-state index contributed by atoms with van der Waals surface area (Å²) in [4.78, 5) is 14.2. The SMILES string of the molecule is CCCc1nc(NC)c(C)c(N2CC(C)C(N(C)C)C2)n1. The van der Waals surface area contributed by atoms with E-state index in [1.807, 2.05) is 7.05 Å². The van der Waals surface area contributed by atoms with Crippen molar-refractivity contribution in [3.05, 3.63) is 11.4 Å². The van der Waals surface area contributed by atoms with Crippen molar-refractivity contribution >= 4 is 11.6 Å². The van der Waals surface area contributed by atoms with Crippen LogP contribution >= 0.6 is 0 Å². The monoisotopic (exact) mass is 291 g/mol. The molecule has 0 radical (unpaired) electrons. The number of hydrogen-bond acceptors (Lipinski definition) is 5. The normalized spacial score (nSPS) is 22.1. The van der Waals surface area contributed by atoms with E-state index in [1.165, 1.54) is 0 Å². The maximum atomic E-state index is 4.84. The van der Waals surface area contributed by atoms with Gasteiger partial charge >= 0.3 is 0 Å². The molecular weight excluding hydrogens is 262 g/mol. The first-order valence-electron chi connectivity index (χ1n) is 7.94. The molecule has 0 amide bonds. The lowest BCUT2D eigenvalue weighted by Gasteiger charge is -2.24. The van der Waals surface area contributed by atoms with Gasteiger partial charge in [-0.15, -0.1) is 0 Å². The van der Waals surface area contributed by atoms with Gasteiger partial charge in [-0.05, 0) is 33.4 Å². The third kappa shape index (κ3) is 3.28. The molecule has 2 unspecified atom stereocenters. The Kier molecular flexibility index (Phi) is 5.04. The summed E-state index contributed by atoms with van der Waals surface area (Å²) in [5.41, 5.74) is 1.16. The van der Waals surface area contributed by atoms with Gasteiger partial charge in [-0.3, -0.25) is 0 Å². The highest BCUT2D eigenvalue weighted by atomic mass is 15.3. The zero-order valence-electron chi connectivity index (χ0n) is 14.3. The maximum absolute atomic E-state index is 4.84. The molecule has 21 heavy (non-hydrogen) atoms. The van der Waals surface area contributed by atoms with Gasteiger partial charge in [-0.2, -0.15) is 0 Å². The molecule has 118 valence electrons. The van der Waals surface area contributed by atoms with Crippen LogP contribution in [0, 0.1) is 12.8 Å². The van der Waals surface area contributed by atoms with Crippen molar-refractivity contribution in [1.29, 1.82) is 0 Å². The van der Waals surface area contributed by atoms with Gasteiger partial charge in [0.25, 0.3) is 0 Å². The van der Waals surface area contributed by atoms with E-state index < -0.39 is 0 Å². The Balaban J connectivity index is 2.32. The topological polar surface area (TPSA) is 44.3 Å². The molecular formula is C16H29N5. The summed E-state index contributed by atoms with van der Waals surface area (Å²) in [6.45, 7) is 8.72. The number of hydrogen-bond donors (Lipinski definition) is 1. The van der Waals surface area contributed by atoms with E-state index in [2.05, 4.69) is 55.0 Å². The molecule has 0 aliphatic carbocycles. The first kappa shape index (κ1) is 16.0. The van der Waals surface area contributed by atoms with Gasteiger partial charge in [0.1, 0.15) is 17.5 Å². The molecule has 0 bridgehead atoms. The summed E-state index contributed by atoms with van der Waals surface area (Å²) < 4.78 is 0. The quantitative estimate of drug-likeness (QED) is 0.900. The van der Waals surface area contributed by atoms with Crippen LogP contribution in [0.1, 0.15) is 31.7 Å². The number of aryl methyl sites for hydroxylation is 1. The third-order valence-electron chi connectivity index (χ3n) is 4.41. The van der Waals surface area contributed by atoms with Gasteiger partial charge in [0.15, 0.2) is 0 Å². The maximum Gasteiger partial charge on any atom is 0.137 e. The lowest BCUT2D eigenvalue weighted by atomic mass is 10.1. The van der Waals surface area contributed by atoms with Gasteiger partial charge in [-0.25, -0.2) is 9.97 Å². The van der Waals surface area contributed by atoms with Crippen LogP contribution in [0.3, 0.4) is 0 Å². The number of nitrogens with one attached hydrogen (secondary N) is 1. The molecule has 1 aliphatic rings. The molecule has 1 fully saturated rings. The van der Waals surface area contributed by atoms with Crippen molar-refractivity contribution in [2.45, 2.75) is 39.7 Å². The fourth-order valence-corrected chi connectivity index (χ4v) is 3.23. The Hall–Kier alpha value is -1.36. The number of anilines is 2. The van der Waals surface area contributed by atoms with E-state index in [0.717, 1.165) is 49.0 Å². The van der Waals surface area contributed by atoms with Crippen molar-refractivity contribution in [3.63, 3.8) is 0 Å². The number of rotatable bonds is 5. The van der Waals surface area contributed by atoms with Gasteiger partial charge in [-0.1, -0.05) is 13.8 Å². The average Bonchev–Trinajstić information content (AvgIpc) is 2.83. The van der Waals surface area contributed by atoms with Crippen molar-refractivity contribution in [2.75, 3.05) is 44.4 Å². The molecule has 5 heteroatoms. The third-order valence-corrected chi connectivity index (χ3v) is 4.41. The van der Waals surface area contributed by atoms with Crippen LogP contribution in [0.25, 0.3) is 0 Å². The van der Waals surface area contributed by atoms with Crippen LogP contribution in [-0.4, -0.2) is 55.1 Å². The molecule has 5 nitrogen and oxygen atoms in total. The number of nitrogens with zero attached hydrogens (tertiary/aromatic N) is 4. The van der Waals surface area contributed by atoms with Crippen LogP contribution in [0.5, 0.6) is 0 Å². The molecule has 2 atom stereocenters. The Morgan fingerprint density at radius 3 is 2.52 bits per heavy atom. The second-order valence-electron chi connectivity index (χ2n) is 6.35. The molecule has 0 spiro atoms. The van der Waals surface area contributed by atoms with Crippen LogP contribution in [0.2, 0.25) is 0 Å². The Morgan fingerprint density at radius 2 is 2.00 bits per heavy atom. The van der Waals surface area contributed by atoms with E-state index in [0.29, 0.717) is 12.0 Å². The van der Waals surface area contributed by atoms with E-state index in [1.54, 1.807) is 0 Å². The fraction of sp³-hybridized carbons (Fsp3) is 0.750. The molecule has 0 saturated carbocycles. The second-order valence-corrected chi connectivity index (χ2v) is 6.35. The standard InChI is InChI=1S/C16H29N5/c1-7-8-14-18-15(17-4)12(3)16(19-14)21-9-11(2)13(10-21)20(5)6/h11,13H,7-10H2,1-6H3,(H,17,18,19). The van der Waals surface area contributed by atoms with Gasteiger partial charge in [0, 0.05) is 38.2 Å². The predicted octanol–water partition coefficient (Wildman–Crippen LogP) is 2.17. The van der Waals surface area contributed by atoms with E-state index >= 15 is 0 Å². The van der Waals surface area contributed by atoms with Gasteiger partial charge in [0.05, 0.1) is 0 Å². The average molecular weight is 291 g/mol. The molecule has 1 aliphatic heterocycles. The molecule has 2 heterocycles.